The highest BCUT2D eigenvalue weighted by Gasteiger charge is 2.16. The molecular formula is C13H11Br3S. The molecule has 0 saturated heterocycles. The van der Waals surface area contributed by atoms with Crippen molar-refractivity contribution < 1.29 is 0 Å². The number of hydrogen-bond donors (Lipinski definition) is 0. The average molecular weight is 439 g/mol. The molecule has 1 unspecified atom stereocenters. The van der Waals surface area contributed by atoms with E-state index in [1.807, 2.05) is 0 Å². The Balaban J connectivity index is 2.42. The third-order valence-corrected chi connectivity index (χ3v) is 6.62. The van der Waals surface area contributed by atoms with Gasteiger partial charge in [-0.1, -0.05) is 37.9 Å². The van der Waals surface area contributed by atoms with Gasteiger partial charge in [-0.05, 0) is 64.7 Å². The lowest BCUT2D eigenvalue weighted by atomic mass is 10.0. The van der Waals surface area contributed by atoms with E-state index in [0.717, 1.165) is 4.47 Å². The largest absolute Gasteiger partial charge is 0.131 e. The zero-order valence-electron chi connectivity index (χ0n) is 9.43. The van der Waals surface area contributed by atoms with Gasteiger partial charge in [0.1, 0.15) is 0 Å². The second-order valence-corrected chi connectivity index (χ2v) is 8.20. The fourth-order valence-electron chi connectivity index (χ4n) is 1.65. The van der Waals surface area contributed by atoms with Crippen LogP contribution in [0.15, 0.2) is 32.5 Å². The highest BCUT2D eigenvalue weighted by molar-refractivity contribution is 9.11. The maximum Gasteiger partial charge on any atom is 0.0741 e. The van der Waals surface area contributed by atoms with E-state index in [0.29, 0.717) is 0 Å². The van der Waals surface area contributed by atoms with Crippen molar-refractivity contribution in [3.05, 3.63) is 54.1 Å². The van der Waals surface area contributed by atoms with E-state index in [9.17, 15) is 0 Å². The molecule has 4 heteroatoms. The molecule has 17 heavy (non-hydrogen) atoms. The van der Waals surface area contributed by atoms with E-state index in [-0.39, 0.29) is 4.83 Å². The van der Waals surface area contributed by atoms with E-state index in [4.69, 9.17) is 0 Å². The first-order valence-electron chi connectivity index (χ1n) is 5.15. The van der Waals surface area contributed by atoms with Crippen molar-refractivity contribution in [2.45, 2.75) is 18.7 Å². The smallest absolute Gasteiger partial charge is 0.0741 e. The molecule has 0 nitrogen and oxygen atoms in total. The molecule has 0 aliphatic rings. The maximum absolute atomic E-state index is 3.80. The number of halogens is 3. The second-order valence-electron chi connectivity index (χ2n) is 3.97. The van der Waals surface area contributed by atoms with Gasteiger partial charge in [-0.25, -0.2) is 0 Å². The van der Waals surface area contributed by atoms with Crippen molar-refractivity contribution in [3.63, 3.8) is 0 Å². The van der Waals surface area contributed by atoms with E-state index in [1.165, 1.54) is 25.4 Å². The van der Waals surface area contributed by atoms with Crippen LogP contribution >= 0.6 is 59.1 Å². The minimum absolute atomic E-state index is 0.259. The van der Waals surface area contributed by atoms with Gasteiger partial charge in [-0.3, -0.25) is 0 Å². The number of aryl methyl sites for hydroxylation is 2. The summed E-state index contributed by atoms with van der Waals surface area (Å²) in [6.07, 6.45) is 0. The van der Waals surface area contributed by atoms with E-state index < -0.39 is 0 Å². The van der Waals surface area contributed by atoms with Crippen molar-refractivity contribution >= 4 is 59.1 Å². The van der Waals surface area contributed by atoms with Crippen molar-refractivity contribution in [1.82, 2.24) is 0 Å². The van der Waals surface area contributed by atoms with Crippen LogP contribution in [0.3, 0.4) is 0 Å². The van der Waals surface area contributed by atoms with Crippen molar-refractivity contribution in [3.8, 4) is 0 Å². The van der Waals surface area contributed by atoms with Crippen LogP contribution in [0.4, 0.5) is 0 Å². The van der Waals surface area contributed by atoms with Gasteiger partial charge in [0, 0.05) is 9.35 Å². The van der Waals surface area contributed by atoms with E-state index >= 15 is 0 Å². The van der Waals surface area contributed by atoms with Crippen molar-refractivity contribution in [2.24, 2.45) is 0 Å². The van der Waals surface area contributed by atoms with Crippen LogP contribution in [0.25, 0.3) is 0 Å². The second kappa shape index (κ2) is 5.55. The highest BCUT2D eigenvalue weighted by atomic mass is 79.9. The summed E-state index contributed by atoms with van der Waals surface area (Å²) in [5.74, 6) is 0. The summed E-state index contributed by atoms with van der Waals surface area (Å²) in [5.41, 5.74) is 3.91. The van der Waals surface area contributed by atoms with Gasteiger partial charge in [-0.15, -0.1) is 11.3 Å². The van der Waals surface area contributed by atoms with Crippen LogP contribution in [0.2, 0.25) is 0 Å². The SMILES string of the molecule is Cc1ccc(Br)cc1C(Br)c1cc(C)c(Br)s1. The summed E-state index contributed by atoms with van der Waals surface area (Å²) in [6.45, 7) is 4.27. The van der Waals surface area contributed by atoms with Gasteiger partial charge < -0.3 is 0 Å². The van der Waals surface area contributed by atoms with Gasteiger partial charge in [0.15, 0.2) is 0 Å². The molecule has 0 aliphatic heterocycles. The van der Waals surface area contributed by atoms with Crippen molar-refractivity contribution in [2.75, 3.05) is 0 Å². The van der Waals surface area contributed by atoms with Crippen LogP contribution in [0.1, 0.15) is 26.4 Å². The van der Waals surface area contributed by atoms with Gasteiger partial charge >= 0.3 is 0 Å². The Morgan fingerprint density at radius 1 is 1.06 bits per heavy atom. The molecule has 1 atom stereocenters. The molecule has 0 saturated carbocycles. The van der Waals surface area contributed by atoms with Crippen LogP contribution in [0.5, 0.6) is 0 Å². The Labute approximate surface area is 131 Å². The Hall–Kier alpha value is 0.360. The van der Waals surface area contributed by atoms with Crippen LogP contribution in [-0.4, -0.2) is 0 Å². The predicted molar refractivity (Wildman–Crippen MR) is 86.4 cm³/mol. The number of benzene rings is 1. The first kappa shape index (κ1) is 13.8. The molecule has 0 radical (unpaired) electrons. The van der Waals surface area contributed by atoms with Gasteiger partial charge in [0.25, 0.3) is 0 Å². The first-order chi connectivity index (χ1) is 7.99. The fraction of sp³-hybridized carbons (Fsp3) is 0.231. The summed E-state index contributed by atoms with van der Waals surface area (Å²) >= 11 is 12.7. The Bertz CT molecular complexity index is 526. The van der Waals surface area contributed by atoms with Crippen LogP contribution < -0.4 is 0 Å². The van der Waals surface area contributed by atoms with E-state index in [1.54, 1.807) is 11.3 Å². The average Bonchev–Trinajstić information content (AvgIpc) is 2.62. The quantitative estimate of drug-likeness (QED) is 0.477. The highest BCUT2D eigenvalue weighted by Crippen LogP contribution is 2.40. The molecule has 0 spiro atoms. The third-order valence-electron chi connectivity index (χ3n) is 2.64. The molecule has 0 bridgehead atoms. The monoisotopic (exact) mass is 436 g/mol. The molecule has 2 aromatic rings. The van der Waals surface area contributed by atoms with Gasteiger partial charge in [0.2, 0.25) is 0 Å². The Morgan fingerprint density at radius 3 is 2.35 bits per heavy atom. The minimum atomic E-state index is 0.259. The number of thiophene rings is 1. The van der Waals surface area contributed by atoms with E-state index in [2.05, 4.69) is 85.9 Å². The molecule has 1 heterocycles. The topological polar surface area (TPSA) is 0 Å². The molecule has 0 amide bonds. The summed E-state index contributed by atoms with van der Waals surface area (Å²) in [7, 11) is 0. The molecule has 0 N–H and O–H groups in total. The summed E-state index contributed by atoms with van der Waals surface area (Å²) in [5, 5.41) is 0. The number of hydrogen-bond acceptors (Lipinski definition) is 1. The minimum Gasteiger partial charge on any atom is -0.131 e. The Kier molecular flexibility index (Phi) is 4.50. The zero-order chi connectivity index (χ0) is 12.6. The molecular weight excluding hydrogens is 428 g/mol. The van der Waals surface area contributed by atoms with Gasteiger partial charge in [0.05, 0.1) is 8.61 Å². The van der Waals surface area contributed by atoms with Gasteiger partial charge in [-0.2, -0.15) is 0 Å². The lowest BCUT2D eigenvalue weighted by molar-refractivity contribution is 1.17. The van der Waals surface area contributed by atoms with Crippen LogP contribution in [-0.2, 0) is 0 Å². The first-order valence-corrected chi connectivity index (χ1v) is 8.47. The number of rotatable bonds is 2. The zero-order valence-corrected chi connectivity index (χ0v) is 15.0. The number of alkyl halides is 1. The maximum atomic E-state index is 3.80. The molecule has 0 aliphatic carbocycles. The van der Waals surface area contributed by atoms with Crippen molar-refractivity contribution in [1.29, 1.82) is 0 Å². The fourth-order valence-corrected chi connectivity index (χ4v) is 4.50. The lowest BCUT2D eigenvalue weighted by Gasteiger charge is -2.12. The molecule has 90 valence electrons. The standard InChI is InChI=1S/C13H11Br3S/c1-7-3-4-9(14)6-10(7)12(15)11-5-8(2)13(16)17-11/h3-6,12H,1-2H3. The summed E-state index contributed by atoms with van der Waals surface area (Å²) in [6, 6.07) is 8.63. The van der Waals surface area contributed by atoms with Crippen LogP contribution in [0, 0.1) is 13.8 Å². The molecule has 0 fully saturated rings. The summed E-state index contributed by atoms with van der Waals surface area (Å²) in [4.78, 5) is 1.59. The molecule has 1 aromatic carbocycles. The lowest BCUT2D eigenvalue weighted by Crippen LogP contribution is -1.93. The molecule has 1 aromatic heterocycles. The predicted octanol–water partition coefficient (Wildman–Crippen LogP) is 6.37. The Morgan fingerprint density at radius 2 is 1.76 bits per heavy atom. The summed E-state index contributed by atoms with van der Waals surface area (Å²) < 4.78 is 2.33. The molecule has 2 rings (SSSR count). The normalized spacial score (nSPS) is 12.8. The third kappa shape index (κ3) is 3.03.